The van der Waals surface area contributed by atoms with Crippen LogP contribution < -0.4 is 5.32 Å². The minimum Gasteiger partial charge on any atom is -0.457 e. The fourth-order valence-electron chi connectivity index (χ4n) is 3.72. The average Bonchev–Trinajstić information content (AvgIpc) is 2.91. The first-order chi connectivity index (χ1) is 10.2. The first kappa shape index (κ1) is 15.9. The molecule has 1 aromatic rings. The number of thioether (sulfide) groups is 1. The summed E-state index contributed by atoms with van der Waals surface area (Å²) in [5, 5.41) is 3.67. The van der Waals surface area contributed by atoms with E-state index >= 15 is 0 Å². The summed E-state index contributed by atoms with van der Waals surface area (Å²) in [6.07, 6.45) is 6.49. The second kappa shape index (κ2) is 7.07. The molecule has 3 nitrogen and oxygen atoms in total. The molecular formula is C16H24BrNO2S. The van der Waals surface area contributed by atoms with Crippen molar-refractivity contribution in [3.8, 4) is 0 Å². The van der Waals surface area contributed by atoms with Crippen molar-refractivity contribution < 1.29 is 9.15 Å². The summed E-state index contributed by atoms with van der Waals surface area (Å²) < 4.78 is 12.6. The van der Waals surface area contributed by atoms with E-state index in [1.165, 1.54) is 36.3 Å². The Morgan fingerprint density at radius 1 is 1.48 bits per heavy atom. The van der Waals surface area contributed by atoms with E-state index < -0.39 is 0 Å². The molecule has 0 aliphatic carbocycles. The predicted molar refractivity (Wildman–Crippen MR) is 90.8 cm³/mol. The van der Waals surface area contributed by atoms with Crippen molar-refractivity contribution >= 4 is 27.7 Å². The number of nitrogens with one attached hydrogen (secondary N) is 1. The molecule has 2 saturated heterocycles. The lowest BCUT2D eigenvalue weighted by atomic mass is 9.77. The molecule has 1 spiro atoms. The van der Waals surface area contributed by atoms with Crippen LogP contribution in [0.4, 0.5) is 0 Å². The van der Waals surface area contributed by atoms with Gasteiger partial charge in [0.2, 0.25) is 0 Å². The van der Waals surface area contributed by atoms with E-state index in [1.807, 2.05) is 0 Å². The van der Waals surface area contributed by atoms with Gasteiger partial charge in [-0.05, 0) is 71.6 Å². The van der Waals surface area contributed by atoms with Crippen LogP contribution in [-0.2, 0) is 4.74 Å². The van der Waals surface area contributed by atoms with Crippen LogP contribution in [0, 0.1) is 5.92 Å². The molecule has 3 heterocycles. The van der Waals surface area contributed by atoms with Gasteiger partial charge in [0.25, 0.3) is 0 Å². The summed E-state index contributed by atoms with van der Waals surface area (Å²) >= 11 is 5.61. The monoisotopic (exact) mass is 373 g/mol. The molecule has 5 heteroatoms. The molecule has 1 N–H and O–H groups in total. The Labute approximate surface area is 139 Å². The highest BCUT2D eigenvalue weighted by Gasteiger charge is 2.41. The van der Waals surface area contributed by atoms with Crippen LogP contribution in [0.2, 0.25) is 0 Å². The maximum Gasteiger partial charge on any atom is 0.173 e. The maximum absolute atomic E-state index is 6.24. The molecule has 2 atom stereocenters. The molecule has 0 aromatic carbocycles. The minimum absolute atomic E-state index is 0.137. The Balaban J connectivity index is 1.77. The number of rotatable bonds is 4. The number of ether oxygens (including phenoxy) is 1. The lowest BCUT2D eigenvalue weighted by Gasteiger charge is -2.45. The van der Waals surface area contributed by atoms with Gasteiger partial charge in [-0.15, -0.1) is 0 Å². The Morgan fingerprint density at radius 3 is 2.95 bits per heavy atom. The number of furan rings is 1. The maximum atomic E-state index is 6.24. The van der Waals surface area contributed by atoms with Crippen molar-refractivity contribution in [3.63, 3.8) is 0 Å². The smallest absolute Gasteiger partial charge is 0.173 e. The highest BCUT2D eigenvalue weighted by atomic mass is 79.9. The Morgan fingerprint density at radius 2 is 2.29 bits per heavy atom. The third kappa shape index (κ3) is 3.52. The minimum atomic E-state index is 0.137. The van der Waals surface area contributed by atoms with Gasteiger partial charge in [0.1, 0.15) is 0 Å². The van der Waals surface area contributed by atoms with E-state index in [9.17, 15) is 0 Å². The van der Waals surface area contributed by atoms with Crippen LogP contribution in [0.25, 0.3) is 0 Å². The van der Waals surface area contributed by atoms with Gasteiger partial charge in [-0.1, -0.05) is 6.92 Å². The normalized spacial score (nSPS) is 26.9. The van der Waals surface area contributed by atoms with E-state index in [4.69, 9.17) is 9.15 Å². The van der Waals surface area contributed by atoms with Crippen LogP contribution in [0.3, 0.4) is 0 Å². The van der Waals surface area contributed by atoms with Crippen molar-refractivity contribution in [1.29, 1.82) is 0 Å². The second-order valence-corrected chi connectivity index (χ2v) is 8.03. The van der Waals surface area contributed by atoms with Gasteiger partial charge in [0.05, 0.1) is 11.9 Å². The molecule has 1 aromatic heterocycles. The summed E-state index contributed by atoms with van der Waals surface area (Å²) in [5.74, 6) is 3.11. The number of hydrogen-bond donors (Lipinski definition) is 1. The van der Waals surface area contributed by atoms with Crippen LogP contribution >= 0.6 is 27.7 Å². The lowest BCUT2D eigenvalue weighted by molar-refractivity contribution is -0.107. The van der Waals surface area contributed by atoms with Gasteiger partial charge in [-0.2, -0.15) is 11.8 Å². The third-order valence-corrected chi connectivity index (χ3v) is 6.44. The number of halogens is 1. The zero-order chi connectivity index (χ0) is 14.7. The quantitative estimate of drug-likeness (QED) is 0.848. The van der Waals surface area contributed by atoms with Gasteiger partial charge in [0.15, 0.2) is 4.67 Å². The first-order valence-corrected chi connectivity index (χ1v) is 9.87. The van der Waals surface area contributed by atoms with Gasteiger partial charge >= 0.3 is 0 Å². The highest BCUT2D eigenvalue weighted by Crippen LogP contribution is 2.44. The second-order valence-electron chi connectivity index (χ2n) is 6.08. The van der Waals surface area contributed by atoms with Gasteiger partial charge in [-0.25, -0.2) is 0 Å². The van der Waals surface area contributed by atoms with Crippen molar-refractivity contribution in [2.75, 3.05) is 24.7 Å². The van der Waals surface area contributed by atoms with E-state index in [2.05, 4.69) is 46.0 Å². The van der Waals surface area contributed by atoms with E-state index in [0.717, 1.165) is 24.2 Å². The standard InChI is InChI=1S/C16H24BrNO2S/c1-2-18-14(13-4-7-19-15(13)17)12-3-8-20-16(11-12)5-9-21-10-6-16/h4,7,12,14,18H,2-3,5-6,8-11H2,1H3. The van der Waals surface area contributed by atoms with Crippen LogP contribution in [-0.4, -0.2) is 30.3 Å². The van der Waals surface area contributed by atoms with Crippen LogP contribution in [0.15, 0.2) is 21.4 Å². The summed E-state index contributed by atoms with van der Waals surface area (Å²) in [5.41, 5.74) is 1.39. The summed E-state index contributed by atoms with van der Waals surface area (Å²) in [4.78, 5) is 0. The zero-order valence-corrected chi connectivity index (χ0v) is 15.0. The number of hydrogen-bond acceptors (Lipinski definition) is 4. The Kier molecular flexibility index (Phi) is 5.36. The summed E-state index contributed by atoms with van der Waals surface area (Å²) in [6, 6.07) is 2.45. The molecule has 0 bridgehead atoms. The van der Waals surface area contributed by atoms with Crippen molar-refractivity contribution in [3.05, 3.63) is 22.6 Å². The van der Waals surface area contributed by atoms with Crippen LogP contribution in [0.1, 0.15) is 44.2 Å². The van der Waals surface area contributed by atoms with Gasteiger partial charge < -0.3 is 14.5 Å². The zero-order valence-electron chi connectivity index (χ0n) is 12.6. The SMILES string of the molecule is CCNC(c1ccoc1Br)C1CCOC2(CCSCC2)C1. The fourth-order valence-corrected chi connectivity index (χ4v) is 5.44. The molecule has 2 unspecified atom stereocenters. The molecule has 0 amide bonds. The molecular weight excluding hydrogens is 350 g/mol. The molecule has 3 rings (SSSR count). The molecule has 0 saturated carbocycles. The molecule has 0 radical (unpaired) electrons. The van der Waals surface area contributed by atoms with Crippen molar-refractivity contribution in [2.45, 2.75) is 44.2 Å². The Bertz CT molecular complexity index is 453. The third-order valence-electron chi connectivity index (χ3n) is 4.81. The van der Waals surface area contributed by atoms with E-state index in [-0.39, 0.29) is 5.60 Å². The summed E-state index contributed by atoms with van der Waals surface area (Å²) in [7, 11) is 0. The Hall–Kier alpha value is 0.0300. The molecule has 2 aliphatic rings. The molecule has 21 heavy (non-hydrogen) atoms. The van der Waals surface area contributed by atoms with E-state index in [0.29, 0.717) is 12.0 Å². The van der Waals surface area contributed by atoms with Crippen molar-refractivity contribution in [2.24, 2.45) is 5.92 Å². The molecule has 118 valence electrons. The van der Waals surface area contributed by atoms with Crippen LogP contribution in [0.5, 0.6) is 0 Å². The topological polar surface area (TPSA) is 34.4 Å². The van der Waals surface area contributed by atoms with E-state index in [1.54, 1.807) is 6.26 Å². The average molecular weight is 374 g/mol. The fraction of sp³-hybridized carbons (Fsp3) is 0.750. The molecule has 2 fully saturated rings. The summed E-state index contributed by atoms with van der Waals surface area (Å²) in [6.45, 7) is 4.04. The lowest BCUT2D eigenvalue weighted by Crippen LogP contribution is -2.45. The predicted octanol–water partition coefficient (Wildman–Crippen LogP) is 4.39. The highest BCUT2D eigenvalue weighted by molar-refractivity contribution is 9.10. The first-order valence-electron chi connectivity index (χ1n) is 7.92. The van der Waals surface area contributed by atoms with Crippen molar-refractivity contribution in [1.82, 2.24) is 5.32 Å². The molecule has 2 aliphatic heterocycles. The largest absolute Gasteiger partial charge is 0.457 e. The van der Waals surface area contributed by atoms with Gasteiger partial charge in [0, 0.05) is 18.2 Å². The van der Waals surface area contributed by atoms with Gasteiger partial charge in [-0.3, -0.25) is 0 Å².